The molecule has 2 aromatic carbocycles. The highest BCUT2D eigenvalue weighted by Gasteiger charge is 2.50. The van der Waals surface area contributed by atoms with Gasteiger partial charge in [0.25, 0.3) is 0 Å². The molecule has 0 aromatic heterocycles. The monoisotopic (exact) mass is 478 g/mol. The van der Waals surface area contributed by atoms with Gasteiger partial charge in [0.2, 0.25) is 5.91 Å². The number of hydrogen-bond acceptors (Lipinski definition) is 4. The number of carboxylic acids is 1. The first-order valence-electron chi connectivity index (χ1n) is 12.5. The molecule has 0 saturated heterocycles. The Morgan fingerprint density at radius 3 is 2.17 bits per heavy atom. The molecule has 7 heteroatoms. The van der Waals surface area contributed by atoms with Crippen molar-refractivity contribution in [2.75, 3.05) is 19.7 Å². The minimum Gasteiger partial charge on any atom is -0.481 e. The molecule has 1 fully saturated rings. The molecule has 0 radical (unpaired) electrons. The van der Waals surface area contributed by atoms with Crippen LogP contribution in [0.25, 0.3) is 11.1 Å². The Bertz CT molecular complexity index is 1050. The Morgan fingerprint density at radius 2 is 1.63 bits per heavy atom. The number of hydrogen-bond donors (Lipinski definition) is 2. The van der Waals surface area contributed by atoms with Gasteiger partial charge in [-0.1, -0.05) is 48.5 Å². The normalized spacial score (nSPS) is 16.1. The molecule has 0 heterocycles. The van der Waals surface area contributed by atoms with E-state index in [1.165, 1.54) is 0 Å². The lowest BCUT2D eigenvalue weighted by molar-refractivity contribution is -0.138. The fourth-order valence-corrected chi connectivity index (χ4v) is 5.15. The molecule has 2 N–H and O–H groups in total. The van der Waals surface area contributed by atoms with Gasteiger partial charge in [0.05, 0.1) is 0 Å². The number of likely N-dealkylation sites (N-methyl/N-ethyl adjacent to an activating group) is 1. The Balaban J connectivity index is 1.40. The molecule has 0 aliphatic heterocycles. The van der Waals surface area contributed by atoms with Crippen molar-refractivity contribution in [1.82, 2.24) is 10.2 Å². The van der Waals surface area contributed by atoms with Crippen molar-refractivity contribution in [2.45, 2.75) is 57.4 Å². The molecule has 7 nitrogen and oxygen atoms in total. The third-order valence-electron chi connectivity index (χ3n) is 7.28. The van der Waals surface area contributed by atoms with Crippen molar-refractivity contribution in [3.63, 3.8) is 0 Å². The number of amides is 2. The van der Waals surface area contributed by atoms with Crippen LogP contribution < -0.4 is 5.32 Å². The summed E-state index contributed by atoms with van der Waals surface area (Å²) in [6.45, 7) is 4.85. The number of alkyl carbamates (subject to hydrolysis) is 1. The van der Waals surface area contributed by atoms with Crippen LogP contribution in [0.15, 0.2) is 48.5 Å². The first-order chi connectivity index (χ1) is 16.8. The van der Waals surface area contributed by atoms with Gasteiger partial charge in [0.15, 0.2) is 0 Å². The van der Waals surface area contributed by atoms with E-state index < -0.39 is 17.6 Å². The molecular formula is C28H34N2O5. The summed E-state index contributed by atoms with van der Waals surface area (Å²) in [6, 6.07) is 16.3. The lowest BCUT2D eigenvalue weighted by Gasteiger charge is -2.35. The lowest BCUT2D eigenvalue weighted by Crippen LogP contribution is -2.59. The molecular weight excluding hydrogens is 444 g/mol. The van der Waals surface area contributed by atoms with E-state index in [4.69, 9.17) is 9.84 Å². The predicted molar refractivity (Wildman–Crippen MR) is 133 cm³/mol. The highest BCUT2D eigenvalue weighted by molar-refractivity contribution is 5.90. The zero-order valence-electron chi connectivity index (χ0n) is 20.5. The second-order valence-corrected chi connectivity index (χ2v) is 9.66. The van der Waals surface area contributed by atoms with Crippen LogP contribution in [0.1, 0.15) is 63.0 Å². The van der Waals surface area contributed by atoms with Gasteiger partial charge in [0, 0.05) is 25.4 Å². The number of rotatable bonds is 11. The van der Waals surface area contributed by atoms with E-state index in [0.29, 0.717) is 25.9 Å². The average molecular weight is 479 g/mol. The third-order valence-corrected chi connectivity index (χ3v) is 7.28. The Kier molecular flexibility index (Phi) is 7.43. The topological polar surface area (TPSA) is 95.9 Å². The van der Waals surface area contributed by atoms with Gasteiger partial charge in [-0.2, -0.15) is 0 Å². The average Bonchev–Trinajstić information content (AvgIpc) is 3.66. The van der Waals surface area contributed by atoms with Crippen LogP contribution in [0.4, 0.5) is 4.79 Å². The van der Waals surface area contributed by atoms with Crippen molar-refractivity contribution in [2.24, 2.45) is 5.92 Å². The highest BCUT2D eigenvalue weighted by Crippen LogP contribution is 2.45. The van der Waals surface area contributed by atoms with Gasteiger partial charge in [0.1, 0.15) is 12.1 Å². The van der Waals surface area contributed by atoms with Crippen LogP contribution in [0.5, 0.6) is 0 Å². The fourth-order valence-electron chi connectivity index (χ4n) is 5.15. The predicted octanol–water partition coefficient (Wildman–Crippen LogP) is 4.80. The summed E-state index contributed by atoms with van der Waals surface area (Å²) in [6.07, 6.45) is 2.38. The van der Waals surface area contributed by atoms with Crippen molar-refractivity contribution in [3.8, 4) is 11.1 Å². The summed E-state index contributed by atoms with van der Waals surface area (Å²) < 4.78 is 5.72. The van der Waals surface area contributed by atoms with E-state index in [-0.39, 0.29) is 30.8 Å². The molecule has 186 valence electrons. The van der Waals surface area contributed by atoms with Gasteiger partial charge in [-0.3, -0.25) is 9.59 Å². The molecule has 1 atom stereocenters. The smallest absolute Gasteiger partial charge is 0.408 e. The number of nitrogens with one attached hydrogen (secondary N) is 1. The van der Waals surface area contributed by atoms with E-state index in [0.717, 1.165) is 35.1 Å². The van der Waals surface area contributed by atoms with Crippen molar-refractivity contribution in [1.29, 1.82) is 0 Å². The molecule has 0 bridgehead atoms. The van der Waals surface area contributed by atoms with Crippen LogP contribution in [0.3, 0.4) is 0 Å². The fraction of sp³-hybridized carbons (Fsp3) is 0.464. The Labute approximate surface area is 206 Å². The maximum Gasteiger partial charge on any atom is 0.408 e. The van der Waals surface area contributed by atoms with E-state index >= 15 is 0 Å². The summed E-state index contributed by atoms with van der Waals surface area (Å²) >= 11 is 0. The summed E-state index contributed by atoms with van der Waals surface area (Å²) in [5.74, 6) is -0.939. The quantitative estimate of drug-likeness (QED) is 0.453. The molecule has 0 spiro atoms. The summed E-state index contributed by atoms with van der Waals surface area (Å²) in [4.78, 5) is 38.9. The minimum atomic E-state index is -1.04. The van der Waals surface area contributed by atoms with Gasteiger partial charge in [-0.15, -0.1) is 0 Å². The molecule has 2 amide bonds. The molecule has 1 saturated carbocycles. The maximum atomic E-state index is 13.5. The SMILES string of the molecule is CCN(CCCCC(=O)O)C(=O)C(C)(NC(=O)OCC1c2ccccc2-c2ccccc21)C1CC1. The number of carbonyl (C=O) groups excluding carboxylic acids is 2. The number of nitrogens with zero attached hydrogens (tertiary/aromatic N) is 1. The van der Waals surface area contributed by atoms with Crippen LogP contribution in [-0.2, 0) is 14.3 Å². The standard InChI is InChI=1S/C28H34N2O5/c1-3-30(17-9-8-14-25(31)32)26(33)28(2,19-15-16-19)29-27(34)35-18-24-22-12-6-4-10-20(22)21-11-5-7-13-23(21)24/h4-7,10-13,19,24H,3,8-9,14-18H2,1-2H3,(H,29,34)(H,31,32). The number of carboxylic acid groups (broad SMARTS) is 1. The van der Waals surface area contributed by atoms with Gasteiger partial charge in [-0.25, -0.2) is 4.79 Å². The highest BCUT2D eigenvalue weighted by atomic mass is 16.5. The Hall–Kier alpha value is -3.35. The number of aliphatic carboxylic acids is 1. The molecule has 2 aliphatic rings. The molecule has 1 unspecified atom stereocenters. The number of ether oxygens (including phenoxy) is 1. The second-order valence-electron chi connectivity index (χ2n) is 9.66. The second kappa shape index (κ2) is 10.5. The van der Waals surface area contributed by atoms with Gasteiger partial charge in [-0.05, 0) is 67.7 Å². The van der Waals surface area contributed by atoms with Crippen molar-refractivity contribution in [3.05, 3.63) is 59.7 Å². The number of unbranched alkanes of at least 4 members (excludes halogenated alkanes) is 1. The summed E-state index contributed by atoms with van der Waals surface area (Å²) in [5.41, 5.74) is 3.57. The molecule has 4 rings (SSSR count). The van der Waals surface area contributed by atoms with Gasteiger partial charge < -0.3 is 20.1 Å². The zero-order valence-corrected chi connectivity index (χ0v) is 20.5. The van der Waals surface area contributed by atoms with Crippen molar-refractivity contribution < 1.29 is 24.2 Å². The van der Waals surface area contributed by atoms with Crippen molar-refractivity contribution >= 4 is 18.0 Å². The number of benzene rings is 2. The summed E-state index contributed by atoms with van der Waals surface area (Å²) in [7, 11) is 0. The maximum absolute atomic E-state index is 13.5. The molecule has 35 heavy (non-hydrogen) atoms. The first kappa shape index (κ1) is 24.8. The molecule has 2 aliphatic carbocycles. The van der Waals surface area contributed by atoms with E-state index in [1.807, 2.05) is 31.2 Å². The van der Waals surface area contributed by atoms with Crippen LogP contribution >= 0.6 is 0 Å². The van der Waals surface area contributed by atoms with Gasteiger partial charge >= 0.3 is 12.1 Å². The lowest BCUT2D eigenvalue weighted by atomic mass is 9.93. The van der Waals surface area contributed by atoms with E-state index in [2.05, 4.69) is 29.6 Å². The largest absolute Gasteiger partial charge is 0.481 e. The van der Waals surface area contributed by atoms with E-state index in [9.17, 15) is 14.4 Å². The number of fused-ring (bicyclic) bond motifs is 3. The number of carbonyl (C=O) groups is 3. The van der Waals surface area contributed by atoms with Crippen LogP contribution in [0, 0.1) is 5.92 Å². The van der Waals surface area contributed by atoms with Crippen LogP contribution in [-0.4, -0.2) is 53.2 Å². The Morgan fingerprint density at radius 1 is 1.03 bits per heavy atom. The first-order valence-corrected chi connectivity index (χ1v) is 12.5. The van der Waals surface area contributed by atoms with Crippen LogP contribution in [0.2, 0.25) is 0 Å². The third kappa shape index (κ3) is 5.34. The minimum absolute atomic E-state index is 0.0441. The summed E-state index contributed by atoms with van der Waals surface area (Å²) in [5, 5.41) is 11.8. The zero-order chi connectivity index (χ0) is 25.0. The van der Waals surface area contributed by atoms with E-state index in [1.54, 1.807) is 11.8 Å². The molecule has 2 aromatic rings.